The van der Waals surface area contributed by atoms with Crippen LogP contribution in [0.3, 0.4) is 0 Å². The predicted molar refractivity (Wildman–Crippen MR) is 74.5 cm³/mol. The highest BCUT2D eigenvalue weighted by molar-refractivity contribution is 7.80. The first-order valence-corrected chi connectivity index (χ1v) is 6.44. The summed E-state index contributed by atoms with van der Waals surface area (Å²) >= 11 is 4.80. The van der Waals surface area contributed by atoms with Gasteiger partial charge in [0.1, 0.15) is 16.9 Å². The van der Waals surface area contributed by atoms with Gasteiger partial charge < -0.3 is 15.8 Å². The van der Waals surface area contributed by atoms with Crippen LogP contribution in [0.5, 0.6) is 0 Å². The number of amides is 1. The van der Waals surface area contributed by atoms with Crippen molar-refractivity contribution in [3.8, 4) is 0 Å². The average Bonchev–Trinajstić information content (AvgIpc) is 2.75. The maximum absolute atomic E-state index is 13.6. The molecular weight excluding hydrogens is 267 g/mol. The van der Waals surface area contributed by atoms with E-state index in [4.69, 9.17) is 22.7 Å². The molecule has 0 aromatic heterocycles. The van der Waals surface area contributed by atoms with Crippen LogP contribution in [-0.2, 0) is 9.53 Å². The highest BCUT2D eigenvalue weighted by atomic mass is 32.1. The maximum atomic E-state index is 13.6. The minimum atomic E-state index is -0.550. The minimum absolute atomic E-state index is 0.0527. The van der Waals surface area contributed by atoms with Crippen molar-refractivity contribution in [1.82, 2.24) is 0 Å². The quantitative estimate of drug-likeness (QED) is 0.832. The zero-order valence-corrected chi connectivity index (χ0v) is 11.3. The Hall–Kier alpha value is -1.53. The molecule has 0 aliphatic carbocycles. The lowest BCUT2D eigenvalue weighted by Gasteiger charge is -2.14. The van der Waals surface area contributed by atoms with E-state index >= 15 is 0 Å². The van der Waals surface area contributed by atoms with Gasteiger partial charge in [0.05, 0.1) is 17.4 Å². The number of nitrogens with two attached hydrogens (primary N) is 1. The number of hydrogen-bond donors (Lipinski definition) is 2. The smallest absolute Gasteiger partial charge is 0.253 e. The molecule has 1 amide bonds. The van der Waals surface area contributed by atoms with Gasteiger partial charge in [0.15, 0.2) is 0 Å². The fourth-order valence-electron chi connectivity index (χ4n) is 2.09. The van der Waals surface area contributed by atoms with Gasteiger partial charge >= 0.3 is 0 Å². The van der Waals surface area contributed by atoms with Crippen LogP contribution in [0.2, 0.25) is 0 Å². The highest BCUT2D eigenvalue weighted by Gasteiger charge is 2.28. The van der Waals surface area contributed by atoms with Crippen LogP contribution < -0.4 is 11.1 Å². The Balaban J connectivity index is 2.17. The van der Waals surface area contributed by atoms with Gasteiger partial charge in [-0.2, -0.15) is 0 Å². The number of anilines is 1. The second-order valence-electron chi connectivity index (χ2n) is 4.53. The molecule has 1 aromatic rings. The monoisotopic (exact) mass is 282 g/mol. The minimum Gasteiger partial charge on any atom is -0.389 e. The summed E-state index contributed by atoms with van der Waals surface area (Å²) in [6, 6.07) is 4.30. The third kappa shape index (κ3) is 3.08. The molecule has 0 spiro atoms. The fraction of sp³-hybridized carbons (Fsp3) is 0.385. The van der Waals surface area contributed by atoms with Crippen LogP contribution in [0.25, 0.3) is 0 Å². The molecule has 2 atom stereocenters. The van der Waals surface area contributed by atoms with Crippen molar-refractivity contribution in [1.29, 1.82) is 0 Å². The third-order valence-electron chi connectivity index (χ3n) is 3.04. The first-order chi connectivity index (χ1) is 8.99. The van der Waals surface area contributed by atoms with Gasteiger partial charge in [0.25, 0.3) is 5.91 Å². The molecule has 6 heteroatoms. The van der Waals surface area contributed by atoms with Crippen LogP contribution in [0.1, 0.15) is 25.3 Å². The van der Waals surface area contributed by atoms with Crippen molar-refractivity contribution in [2.24, 2.45) is 5.73 Å². The van der Waals surface area contributed by atoms with Crippen LogP contribution >= 0.6 is 12.2 Å². The molecule has 0 bridgehead atoms. The normalized spacial score (nSPS) is 22.2. The molecule has 1 fully saturated rings. The molecule has 4 nitrogen and oxygen atoms in total. The molecule has 2 rings (SSSR count). The van der Waals surface area contributed by atoms with E-state index in [1.165, 1.54) is 12.1 Å². The Kier molecular flexibility index (Phi) is 4.11. The highest BCUT2D eigenvalue weighted by Crippen LogP contribution is 2.23. The van der Waals surface area contributed by atoms with Crippen LogP contribution in [0, 0.1) is 5.82 Å². The Morgan fingerprint density at radius 3 is 2.84 bits per heavy atom. The van der Waals surface area contributed by atoms with Gasteiger partial charge in [-0.3, -0.25) is 4.79 Å². The largest absolute Gasteiger partial charge is 0.389 e. The number of halogens is 1. The summed E-state index contributed by atoms with van der Waals surface area (Å²) in [5, 5.41) is 2.62. The summed E-state index contributed by atoms with van der Waals surface area (Å²) in [6.45, 7) is 1.91. The average molecular weight is 282 g/mol. The van der Waals surface area contributed by atoms with Gasteiger partial charge in [0, 0.05) is 0 Å². The van der Waals surface area contributed by atoms with Crippen molar-refractivity contribution < 1.29 is 13.9 Å². The maximum Gasteiger partial charge on any atom is 0.253 e. The number of carbonyl (C=O) groups is 1. The lowest BCUT2D eigenvalue weighted by Crippen LogP contribution is -2.29. The van der Waals surface area contributed by atoms with Crippen molar-refractivity contribution in [2.45, 2.75) is 32.0 Å². The van der Waals surface area contributed by atoms with Crippen molar-refractivity contribution in [3.63, 3.8) is 0 Å². The summed E-state index contributed by atoms with van der Waals surface area (Å²) in [6.07, 6.45) is 1.06. The number of thiocarbonyl (C=S) groups is 1. The lowest BCUT2D eigenvalue weighted by atomic mass is 10.1. The number of ether oxygens (including phenoxy) is 1. The van der Waals surface area contributed by atoms with E-state index in [0.717, 1.165) is 6.42 Å². The summed E-state index contributed by atoms with van der Waals surface area (Å²) in [7, 11) is 0. The zero-order chi connectivity index (χ0) is 14.0. The van der Waals surface area contributed by atoms with Crippen molar-refractivity contribution in [3.05, 3.63) is 29.6 Å². The number of rotatable bonds is 3. The SMILES string of the molecule is CC1CCC(C(=O)Nc2cccc(F)c2C(N)=S)O1. The van der Waals surface area contributed by atoms with E-state index in [1.54, 1.807) is 6.07 Å². The molecule has 0 saturated carbocycles. The molecular formula is C13H15FN2O2S. The molecule has 1 aromatic carbocycles. The first-order valence-electron chi connectivity index (χ1n) is 6.03. The van der Waals surface area contributed by atoms with E-state index in [-0.39, 0.29) is 28.3 Å². The van der Waals surface area contributed by atoms with Crippen molar-refractivity contribution >= 4 is 28.8 Å². The fourth-order valence-corrected chi connectivity index (χ4v) is 2.29. The Bertz CT molecular complexity index is 521. The Labute approximate surface area is 116 Å². The molecule has 1 aliphatic heterocycles. The summed E-state index contributed by atoms with van der Waals surface area (Å²) in [5.74, 6) is -0.849. The van der Waals surface area contributed by atoms with Crippen LogP contribution in [0.4, 0.5) is 10.1 Å². The summed E-state index contributed by atoms with van der Waals surface area (Å²) in [4.78, 5) is 11.9. The molecule has 1 aliphatic rings. The van der Waals surface area contributed by atoms with E-state index in [0.29, 0.717) is 6.42 Å². The second-order valence-corrected chi connectivity index (χ2v) is 4.97. The van der Waals surface area contributed by atoms with Gasteiger partial charge in [-0.15, -0.1) is 0 Å². The molecule has 19 heavy (non-hydrogen) atoms. The van der Waals surface area contributed by atoms with E-state index in [2.05, 4.69) is 5.32 Å². The van der Waals surface area contributed by atoms with Crippen LogP contribution in [0.15, 0.2) is 18.2 Å². The van der Waals surface area contributed by atoms with Gasteiger partial charge in [-0.05, 0) is 31.9 Å². The molecule has 102 valence electrons. The molecule has 2 unspecified atom stereocenters. The van der Waals surface area contributed by atoms with Crippen molar-refractivity contribution in [2.75, 3.05) is 5.32 Å². The third-order valence-corrected chi connectivity index (χ3v) is 3.25. The van der Waals surface area contributed by atoms with E-state index < -0.39 is 11.9 Å². The number of carbonyl (C=O) groups excluding carboxylic acids is 1. The van der Waals surface area contributed by atoms with Crippen LogP contribution in [-0.4, -0.2) is 23.1 Å². The predicted octanol–water partition coefficient (Wildman–Crippen LogP) is 1.97. The summed E-state index contributed by atoms with van der Waals surface area (Å²) in [5.41, 5.74) is 5.81. The number of nitrogens with one attached hydrogen (secondary N) is 1. The number of hydrogen-bond acceptors (Lipinski definition) is 3. The van der Waals surface area contributed by atoms with Gasteiger partial charge in [-0.25, -0.2) is 4.39 Å². The first kappa shape index (κ1) is 13.9. The second kappa shape index (κ2) is 5.63. The summed E-state index contributed by atoms with van der Waals surface area (Å²) < 4.78 is 19.1. The lowest BCUT2D eigenvalue weighted by molar-refractivity contribution is -0.126. The standard InChI is InChI=1S/C13H15FN2O2S/c1-7-5-6-10(18-7)13(17)16-9-4-2-3-8(14)11(9)12(15)19/h2-4,7,10H,5-6H2,1H3,(H2,15,19)(H,16,17). The Morgan fingerprint density at radius 1 is 1.53 bits per heavy atom. The van der Waals surface area contributed by atoms with E-state index in [1.807, 2.05) is 6.92 Å². The van der Waals surface area contributed by atoms with Gasteiger partial charge in [-0.1, -0.05) is 18.3 Å². The molecule has 3 N–H and O–H groups in total. The Morgan fingerprint density at radius 2 is 2.26 bits per heavy atom. The zero-order valence-electron chi connectivity index (χ0n) is 10.5. The van der Waals surface area contributed by atoms with Gasteiger partial charge in [0.2, 0.25) is 0 Å². The molecule has 1 saturated heterocycles. The number of benzene rings is 1. The van der Waals surface area contributed by atoms with E-state index in [9.17, 15) is 9.18 Å². The topological polar surface area (TPSA) is 64.4 Å². The molecule has 1 heterocycles. The molecule has 0 radical (unpaired) electrons.